The van der Waals surface area contributed by atoms with Crippen LogP contribution in [0.5, 0.6) is 5.75 Å². The van der Waals surface area contributed by atoms with E-state index in [0.717, 1.165) is 0 Å². The van der Waals surface area contributed by atoms with E-state index in [1.165, 1.54) is 36.1 Å². The molecule has 0 aliphatic heterocycles. The van der Waals surface area contributed by atoms with E-state index in [1.54, 1.807) is 43.4 Å². The molecule has 0 aliphatic carbocycles. The Hall–Kier alpha value is -3.36. The van der Waals surface area contributed by atoms with Crippen molar-refractivity contribution in [2.75, 3.05) is 11.8 Å². The van der Waals surface area contributed by atoms with E-state index in [1.807, 2.05) is 6.07 Å². The molecule has 1 aromatic heterocycles. The first kappa shape index (κ1) is 20.9. The van der Waals surface area contributed by atoms with Crippen molar-refractivity contribution < 1.29 is 13.2 Å². The molecular formula is C22H18ClN3O4S. The highest BCUT2D eigenvalue weighted by Gasteiger charge is 2.18. The maximum atomic E-state index is 12.9. The highest BCUT2D eigenvalue weighted by molar-refractivity contribution is 7.92. The molecule has 0 amide bonds. The van der Waals surface area contributed by atoms with Crippen molar-refractivity contribution in [3.63, 3.8) is 0 Å². The molecule has 3 aromatic carbocycles. The second-order valence-corrected chi connectivity index (χ2v) is 8.92. The fourth-order valence-electron chi connectivity index (χ4n) is 3.27. The van der Waals surface area contributed by atoms with Crippen LogP contribution in [0.2, 0.25) is 5.02 Å². The Kier molecular flexibility index (Phi) is 5.43. The van der Waals surface area contributed by atoms with Gasteiger partial charge in [-0.15, -0.1) is 0 Å². The lowest BCUT2D eigenvalue weighted by Gasteiger charge is -2.14. The number of benzene rings is 3. The van der Waals surface area contributed by atoms with E-state index in [-0.39, 0.29) is 16.1 Å². The summed E-state index contributed by atoms with van der Waals surface area (Å²) in [5.74, 6) is 0.343. The molecule has 0 fully saturated rings. The van der Waals surface area contributed by atoms with Crippen molar-refractivity contribution in [3.8, 4) is 17.0 Å². The van der Waals surface area contributed by atoms with Gasteiger partial charge in [-0.3, -0.25) is 9.52 Å². The molecule has 9 heteroatoms. The minimum absolute atomic E-state index is 0.0649. The van der Waals surface area contributed by atoms with Gasteiger partial charge < -0.3 is 4.74 Å². The normalized spacial score (nSPS) is 11.5. The summed E-state index contributed by atoms with van der Waals surface area (Å²) >= 11 is 5.86. The maximum Gasteiger partial charge on any atom is 0.274 e. The van der Waals surface area contributed by atoms with Crippen LogP contribution in [-0.4, -0.2) is 25.3 Å². The highest BCUT2D eigenvalue weighted by atomic mass is 35.5. The number of halogens is 1. The van der Waals surface area contributed by atoms with Gasteiger partial charge in [0.05, 0.1) is 28.8 Å². The van der Waals surface area contributed by atoms with E-state index in [0.29, 0.717) is 32.8 Å². The largest absolute Gasteiger partial charge is 0.495 e. The number of nitrogens with one attached hydrogen (secondary N) is 1. The van der Waals surface area contributed by atoms with Crippen LogP contribution in [-0.2, 0) is 17.1 Å². The Morgan fingerprint density at radius 2 is 1.68 bits per heavy atom. The zero-order chi connectivity index (χ0) is 22.2. The molecule has 0 radical (unpaired) electrons. The van der Waals surface area contributed by atoms with Gasteiger partial charge in [-0.25, -0.2) is 13.1 Å². The number of methoxy groups -OCH3 is 1. The SMILES string of the molecule is COc1ccc(-c2nn(C)c(=O)c3ccccc23)cc1NS(=O)(=O)c1ccc(Cl)cc1. The Morgan fingerprint density at radius 3 is 2.35 bits per heavy atom. The summed E-state index contributed by atoms with van der Waals surface area (Å²) in [6.45, 7) is 0. The van der Waals surface area contributed by atoms with Crippen molar-refractivity contribution in [2.45, 2.75) is 4.90 Å². The summed E-state index contributed by atoms with van der Waals surface area (Å²) in [6.07, 6.45) is 0. The smallest absolute Gasteiger partial charge is 0.274 e. The molecule has 0 aliphatic rings. The van der Waals surface area contributed by atoms with Gasteiger partial charge >= 0.3 is 0 Å². The fraction of sp³-hybridized carbons (Fsp3) is 0.0909. The molecule has 31 heavy (non-hydrogen) atoms. The van der Waals surface area contributed by atoms with Gasteiger partial charge in [0.1, 0.15) is 5.75 Å². The zero-order valence-corrected chi connectivity index (χ0v) is 18.2. The van der Waals surface area contributed by atoms with Crippen LogP contribution in [0, 0.1) is 0 Å². The van der Waals surface area contributed by atoms with Gasteiger partial charge in [0.25, 0.3) is 15.6 Å². The minimum Gasteiger partial charge on any atom is -0.495 e. The van der Waals surface area contributed by atoms with Gasteiger partial charge in [0, 0.05) is 23.0 Å². The number of anilines is 1. The van der Waals surface area contributed by atoms with Crippen LogP contribution in [0.25, 0.3) is 22.0 Å². The Labute approximate surface area is 183 Å². The monoisotopic (exact) mass is 455 g/mol. The van der Waals surface area contributed by atoms with Crippen molar-refractivity contribution in [1.29, 1.82) is 0 Å². The van der Waals surface area contributed by atoms with Crippen LogP contribution in [0.3, 0.4) is 0 Å². The second-order valence-electron chi connectivity index (χ2n) is 6.80. The molecule has 0 atom stereocenters. The number of rotatable bonds is 5. The predicted molar refractivity (Wildman–Crippen MR) is 121 cm³/mol. The Morgan fingerprint density at radius 1 is 1.00 bits per heavy atom. The number of hydrogen-bond acceptors (Lipinski definition) is 5. The lowest BCUT2D eigenvalue weighted by atomic mass is 10.0. The van der Waals surface area contributed by atoms with E-state index in [2.05, 4.69) is 9.82 Å². The number of aromatic nitrogens is 2. The standard InChI is InChI=1S/C22H18ClN3O4S/c1-26-22(27)18-6-4-3-5-17(18)21(24-26)14-7-12-20(30-2)19(13-14)25-31(28,29)16-10-8-15(23)9-11-16/h3-13,25H,1-2H3. The lowest BCUT2D eigenvalue weighted by Crippen LogP contribution is -2.20. The molecule has 158 valence electrons. The van der Waals surface area contributed by atoms with Gasteiger partial charge in [0.2, 0.25) is 0 Å². The van der Waals surface area contributed by atoms with Crippen LogP contribution in [0.4, 0.5) is 5.69 Å². The first-order valence-electron chi connectivity index (χ1n) is 9.23. The van der Waals surface area contributed by atoms with E-state index in [9.17, 15) is 13.2 Å². The third-order valence-electron chi connectivity index (χ3n) is 4.80. The third-order valence-corrected chi connectivity index (χ3v) is 6.43. The Balaban J connectivity index is 1.84. The molecule has 1 N–H and O–H groups in total. The van der Waals surface area contributed by atoms with Crippen molar-refractivity contribution >= 4 is 38.1 Å². The van der Waals surface area contributed by atoms with E-state index < -0.39 is 10.0 Å². The predicted octanol–water partition coefficient (Wildman–Crippen LogP) is 4.06. The van der Waals surface area contributed by atoms with Gasteiger partial charge in [0.15, 0.2) is 0 Å². The molecular weight excluding hydrogens is 438 g/mol. The second kappa shape index (κ2) is 8.05. The summed E-state index contributed by atoms with van der Waals surface area (Å²) < 4.78 is 34.9. The van der Waals surface area contributed by atoms with Gasteiger partial charge in [-0.2, -0.15) is 5.10 Å². The van der Waals surface area contributed by atoms with Crippen LogP contribution in [0.1, 0.15) is 0 Å². The lowest BCUT2D eigenvalue weighted by molar-refractivity contribution is 0.417. The summed E-state index contributed by atoms with van der Waals surface area (Å²) in [7, 11) is -0.855. The molecule has 7 nitrogen and oxygen atoms in total. The van der Waals surface area contributed by atoms with Gasteiger partial charge in [-0.05, 0) is 48.5 Å². The van der Waals surface area contributed by atoms with Crippen LogP contribution >= 0.6 is 11.6 Å². The Bertz CT molecular complexity index is 1450. The molecule has 4 rings (SSSR count). The molecule has 1 heterocycles. The van der Waals surface area contributed by atoms with E-state index in [4.69, 9.17) is 16.3 Å². The topological polar surface area (TPSA) is 90.3 Å². The number of nitrogens with zero attached hydrogens (tertiary/aromatic N) is 2. The average molecular weight is 456 g/mol. The van der Waals surface area contributed by atoms with Crippen LogP contribution in [0.15, 0.2) is 76.4 Å². The number of fused-ring (bicyclic) bond motifs is 1. The third kappa shape index (κ3) is 3.99. The maximum absolute atomic E-state index is 12.9. The molecule has 0 spiro atoms. The average Bonchev–Trinajstić information content (AvgIpc) is 2.76. The molecule has 4 aromatic rings. The minimum atomic E-state index is -3.88. The highest BCUT2D eigenvalue weighted by Crippen LogP contribution is 2.33. The van der Waals surface area contributed by atoms with Crippen molar-refractivity contribution in [2.24, 2.45) is 7.05 Å². The number of sulfonamides is 1. The van der Waals surface area contributed by atoms with Crippen molar-refractivity contribution in [3.05, 3.63) is 82.1 Å². The number of ether oxygens (including phenoxy) is 1. The quantitative estimate of drug-likeness (QED) is 0.490. The summed E-state index contributed by atoms with van der Waals surface area (Å²) in [6, 6.07) is 18.0. The molecule has 0 unspecified atom stereocenters. The molecule has 0 saturated heterocycles. The number of hydrogen-bond donors (Lipinski definition) is 1. The summed E-state index contributed by atoms with van der Waals surface area (Å²) in [4.78, 5) is 12.5. The molecule has 0 saturated carbocycles. The van der Waals surface area contributed by atoms with Crippen molar-refractivity contribution in [1.82, 2.24) is 9.78 Å². The fourth-order valence-corrected chi connectivity index (χ4v) is 4.45. The summed E-state index contributed by atoms with van der Waals surface area (Å²) in [5, 5.41) is 6.03. The summed E-state index contributed by atoms with van der Waals surface area (Å²) in [5.41, 5.74) is 1.21. The first-order valence-corrected chi connectivity index (χ1v) is 11.1. The number of aryl methyl sites for hydroxylation is 1. The van der Waals surface area contributed by atoms with E-state index >= 15 is 0 Å². The van der Waals surface area contributed by atoms with Gasteiger partial charge in [-0.1, -0.05) is 29.8 Å². The first-order chi connectivity index (χ1) is 14.8. The van der Waals surface area contributed by atoms with Crippen LogP contribution < -0.4 is 15.0 Å². The zero-order valence-electron chi connectivity index (χ0n) is 16.7. The molecule has 0 bridgehead atoms.